The molecule has 0 saturated heterocycles. The van der Waals surface area contributed by atoms with E-state index in [1.54, 1.807) is 11.3 Å². The largest absolute Gasteiger partial charge is 0.454 e. The topological polar surface area (TPSA) is 38.1 Å². The number of rotatable bonds is 4. The van der Waals surface area contributed by atoms with Crippen LogP contribution in [0.25, 0.3) is 10.2 Å². The summed E-state index contributed by atoms with van der Waals surface area (Å²) in [5, 5.41) is 4.45. The molecule has 2 heterocycles. The van der Waals surface area contributed by atoms with E-state index < -0.39 is 0 Å². The quantitative estimate of drug-likeness (QED) is 0.711. The lowest BCUT2D eigenvalue weighted by Gasteiger charge is -1.98. The fourth-order valence-electron chi connectivity index (χ4n) is 1.73. The van der Waals surface area contributed by atoms with Gasteiger partial charge in [0.05, 0.1) is 16.8 Å². The van der Waals surface area contributed by atoms with E-state index in [1.807, 2.05) is 30.3 Å². The predicted molar refractivity (Wildman–Crippen MR) is 81.6 cm³/mol. The third kappa shape index (κ3) is 2.73. The molecule has 0 aliphatic heterocycles. The number of hydrogen-bond acceptors (Lipinski definition) is 4. The zero-order valence-electron chi connectivity index (χ0n) is 9.52. The standard InChI is InChI=1S/C13H11IN2OS/c14-12-6-5-9(17-12)7-15-8-13-16-10-3-1-2-4-11(10)18-13/h1-6,15H,7-8H2. The molecule has 3 nitrogen and oxygen atoms in total. The van der Waals surface area contributed by atoms with Gasteiger partial charge in [0, 0.05) is 6.54 Å². The second-order valence-corrected chi connectivity index (χ2v) is 6.06. The summed E-state index contributed by atoms with van der Waals surface area (Å²) in [5.74, 6) is 0.959. The highest BCUT2D eigenvalue weighted by molar-refractivity contribution is 14.1. The number of furan rings is 1. The molecule has 1 N–H and O–H groups in total. The van der Waals surface area contributed by atoms with Crippen LogP contribution in [0.1, 0.15) is 10.8 Å². The molecule has 0 atom stereocenters. The molecule has 92 valence electrons. The number of fused-ring (bicyclic) bond motifs is 1. The molecule has 0 saturated carbocycles. The second kappa shape index (κ2) is 5.38. The molecule has 0 aliphatic carbocycles. The molecule has 1 aromatic carbocycles. The van der Waals surface area contributed by atoms with Crippen LogP contribution < -0.4 is 5.32 Å². The van der Waals surface area contributed by atoms with Crippen LogP contribution in [-0.2, 0) is 13.1 Å². The van der Waals surface area contributed by atoms with Crippen molar-refractivity contribution < 1.29 is 4.42 Å². The number of benzene rings is 1. The lowest BCUT2D eigenvalue weighted by molar-refractivity contribution is 0.463. The number of hydrogen-bond donors (Lipinski definition) is 1. The van der Waals surface area contributed by atoms with Crippen LogP contribution in [0.15, 0.2) is 40.8 Å². The van der Waals surface area contributed by atoms with Crippen LogP contribution in [0, 0.1) is 3.77 Å². The fraction of sp³-hybridized carbons (Fsp3) is 0.154. The van der Waals surface area contributed by atoms with Crippen molar-refractivity contribution in [2.24, 2.45) is 0 Å². The predicted octanol–water partition coefficient (Wildman–Crippen LogP) is 3.78. The number of thiazole rings is 1. The summed E-state index contributed by atoms with van der Waals surface area (Å²) < 4.78 is 7.65. The van der Waals surface area contributed by atoms with Gasteiger partial charge in [-0.2, -0.15) is 0 Å². The van der Waals surface area contributed by atoms with Crippen LogP contribution in [0.3, 0.4) is 0 Å². The van der Waals surface area contributed by atoms with E-state index in [0.717, 1.165) is 33.1 Å². The average molecular weight is 370 g/mol. The second-order valence-electron chi connectivity index (χ2n) is 3.88. The van der Waals surface area contributed by atoms with Gasteiger partial charge in [-0.15, -0.1) is 11.3 Å². The molecule has 0 bridgehead atoms. The van der Waals surface area contributed by atoms with Crippen molar-refractivity contribution in [1.82, 2.24) is 10.3 Å². The molecule has 0 aliphatic rings. The van der Waals surface area contributed by atoms with E-state index in [9.17, 15) is 0 Å². The fourth-order valence-corrected chi connectivity index (χ4v) is 3.13. The minimum Gasteiger partial charge on any atom is -0.454 e. The van der Waals surface area contributed by atoms with Crippen molar-refractivity contribution in [3.05, 3.63) is 50.9 Å². The van der Waals surface area contributed by atoms with Gasteiger partial charge in [0.1, 0.15) is 10.8 Å². The molecule has 0 amide bonds. The molecule has 2 aromatic heterocycles. The number of halogens is 1. The van der Waals surface area contributed by atoms with Gasteiger partial charge < -0.3 is 9.73 Å². The molecule has 18 heavy (non-hydrogen) atoms. The maximum Gasteiger partial charge on any atom is 0.164 e. The zero-order chi connectivity index (χ0) is 12.4. The van der Waals surface area contributed by atoms with Crippen LogP contribution in [0.5, 0.6) is 0 Å². The summed E-state index contributed by atoms with van der Waals surface area (Å²) in [6.45, 7) is 1.51. The Hall–Kier alpha value is -0.920. The first kappa shape index (κ1) is 12.1. The molecular weight excluding hydrogens is 359 g/mol. The molecule has 3 rings (SSSR count). The first-order valence-electron chi connectivity index (χ1n) is 5.60. The first-order valence-corrected chi connectivity index (χ1v) is 7.50. The lowest BCUT2D eigenvalue weighted by Crippen LogP contribution is -2.11. The molecule has 0 fully saturated rings. The molecule has 0 unspecified atom stereocenters. The Morgan fingerprint density at radius 3 is 2.83 bits per heavy atom. The van der Waals surface area contributed by atoms with Gasteiger partial charge in [0.15, 0.2) is 3.77 Å². The van der Waals surface area contributed by atoms with E-state index in [-0.39, 0.29) is 0 Å². The highest BCUT2D eigenvalue weighted by atomic mass is 127. The highest BCUT2D eigenvalue weighted by Crippen LogP contribution is 2.21. The van der Waals surface area contributed by atoms with Crippen molar-refractivity contribution in [1.29, 1.82) is 0 Å². The summed E-state index contributed by atoms with van der Waals surface area (Å²) in [6, 6.07) is 12.2. The smallest absolute Gasteiger partial charge is 0.164 e. The van der Waals surface area contributed by atoms with Crippen molar-refractivity contribution >= 4 is 44.1 Å². The third-order valence-electron chi connectivity index (χ3n) is 2.54. The minimum atomic E-state index is 0.735. The maximum atomic E-state index is 5.49. The third-order valence-corrected chi connectivity index (χ3v) is 4.16. The number of nitrogens with zero attached hydrogens (tertiary/aromatic N) is 1. The molecule has 0 radical (unpaired) electrons. The molecular formula is C13H11IN2OS. The summed E-state index contributed by atoms with van der Waals surface area (Å²) in [4.78, 5) is 4.57. The lowest BCUT2D eigenvalue weighted by atomic mass is 10.3. The van der Waals surface area contributed by atoms with Crippen molar-refractivity contribution in [2.75, 3.05) is 0 Å². The van der Waals surface area contributed by atoms with Crippen LogP contribution in [0.4, 0.5) is 0 Å². The van der Waals surface area contributed by atoms with Crippen molar-refractivity contribution in [2.45, 2.75) is 13.1 Å². The monoisotopic (exact) mass is 370 g/mol. The van der Waals surface area contributed by atoms with Gasteiger partial charge >= 0.3 is 0 Å². The molecule has 3 aromatic rings. The van der Waals surface area contributed by atoms with Crippen LogP contribution in [-0.4, -0.2) is 4.98 Å². The number of aromatic nitrogens is 1. The van der Waals surface area contributed by atoms with E-state index in [2.05, 4.69) is 39.0 Å². The van der Waals surface area contributed by atoms with Gasteiger partial charge in [-0.25, -0.2) is 4.98 Å². The maximum absolute atomic E-state index is 5.49. The minimum absolute atomic E-state index is 0.735. The van der Waals surface area contributed by atoms with E-state index in [1.165, 1.54) is 4.70 Å². The van der Waals surface area contributed by atoms with Crippen molar-refractivity contribution in [3.8, 4) is 0 Å². The molecule has 5 heteroatoms. The Labute approximate surface area is 122 Å². The highest BCUT2D eigenvalue weighted by Gasteiger charge is 2.03. The average Bonchev–Trinajstić information content (AvgIpc) is 2.95. The van der Waals surface area contributed by atoms with Gasteiger partial charge in [0.25, 0.3) is 0 Å². The number of para-hydroxylation sites is 1. The van der Waals surface area contributed by atoms with Gasteiger partial charge in [-0.3, -0.25) is 0 Å². The van der Waals surface area contributed by atoms with Crippen LogP contribution in [0.2, 0.25) is 0 Å². The molecule has 0 spiro atoms. The zero-order valence-corrected chi connectivity index (χ0v) is 12.5. The van der Waals surface area contributed by atoms with E-state index in [0.29, 0.717) is 0 Å². The van der Waals surface area contributed by atoms with E-state index >= 15 is 0 Å². The van der Waals surface area contributed by atoms with Gasteiger partial charge in [0.2, 0.25) is 0 Å². The summed E-state index contributed by atoms with van der Waals surface area (Å²) in [7, 11) is 0. The van der Waals surface area contributed by atoms with E-state index in [4.69, 9.17) is 4.42 Å². The Bertz CT molecular complexity index is 629. The van der Waals surface area contributed by atoms with Gasteiger partial charge in [-0.1, -0.05) is 12.1 Å². The SMILES string of the molecule is Ic1ccc(CNCc2nc3ccccc3s2)o1. The Morgan fingerprint density at radius 2 is 2.06 bits per heavy atom. The summed E-state index contributed by atoms with van der Waals surface area (Å²) >= 11 is 3.90. The summed E-state index contributed by atoms with van der Waals surface area (Å²) in [5.41, 5.74) is 1.08. The van der Waals surface area contributed by atoms with Gasteiger partial charge in [-0.05, 0) is 46.9 Å². The Kier molecular flexibility index (Phi) is 3.62. The normalized spacial score (nSPS) is 11.2. The van der Waals surface area contributed by atoms with Crippen LogP contribution >= 0.6 is 33.9 Å². The first-order chi connectivity index (χ1) is 8.81. The Balaban J connectivity index is 1.62. The number of nitrogens with one attached hydrogen (secondary N) is 1. The summed E-state index contributed by atoms with van der Waals surface area (Å²) in [6.07, 6.45) is 0. The Morgan fingerprint density at radius 1 is 1.17 bits per heavy atom. The van der Waals surface area contributed by atoms with Crippen molar-refractivity contribution in [3.63, 3.8) is 0 Å².